The van der Waals surface area contributed by atoms with Gasteiger partial charge in [0.15, 0.2) is 0 Å². The molecular formula is C18H20N2. The summed E-state index contributed by atoms with van der Waals surface area (Å²) >= 11 is 0. The van der Waals surface area contributed by atoms with E-state index in [9.17, 15) is 0 Å². The van der Waals surface area contributed by atoms with Gasteiger partial charge in [0, 0.05) is 6.42 Å². The third-order valence-corrected chi connectivity index (χ3v) is 3.75. The van der Waals surface area contributed by atoms with Gasteiger partial charge in [-0.2, -0.15) is 0 Å². The van der Waals surface area contributed by atoms with Gasteiger partial charge >= 0.3 is 0 Å². The first-order valence-corrected chi connectivity index (χ1v) is 7.13. The number of imidazole rings is 1. The van der Waals surface area contributed by atoms with Gasteiger partial charge < -0.3 is 4.98 Å². The van der Waals surface area contributed by atoms with Crippen LogP contribution < -0.4 is 0 Å². The number of fused-ring (bicyclic) bond motifs is 1. The third-order valence-electron chi connectivity index (χ3n) is 3.75. The zero-order chi connectivity index (χ0) is 14.1. The summed E-state index contributed by atoms with van der Waals surface area (Å²) in [7, 11) is 0. The number of nitrogens with zero attached hydrogens (tertiary/aromatic N) is 1. The number of benzene rings is 2. The minimum atomic E-state index is 0.467. The molecule has 0 unspecified atom stereocenters. The van der Waals surface area contributed by atoms with Gasteiger partial charge in [0.05, 0.1) is 11.0 Å². The van der Waals surface area contributed by atoms with Crippen LogP contribution in [0.2, 0.25) is 0 Å². The molecule has 1 aromatic heterocycles. The average Bonchev–Trinajstić information content (AvgIpc) is 2.79. The molecule has 3 aromatic rings. The molecule has 0 saturated carbocycles. The summed E-state index contributed by atoms with van der Waals surface area (Å²) in [6.45, 7) is 6.58. The Balaban J connectivity index is 1.86. The minimum Gasteiger partial charge on any atom is -0.342 e. The number of aromatic amines is 1. The summed E-state index contributed by atoms with van der Waals surface area (Å²) in [5.74, 6) is 1.53. The van der Waals surface area contributed by atoms with E-state index in [1.807, 2.05) is 12.1 Å². The lowest BCUT2D eigenvalue weighted by Gasteiger charge is -2.12. The molecule has 0 aliphatic rings. The molecule has 0 radical (unpaired) electrons. The van der Waals surface area contributed by atoms with Gasteiger partial charge in [0.2, 0.25) is 0 Å². The van der Waals surface area contributed by atoms with Crippen LogP contribution in [-0.2, 0) is 6.42 Å². The van der Waals surface area contributed by atoms with Crippen molar-refractivity contribution in [2.45, 2.75) is 33.1 Å². The lowest BCUT2D eigenvalue weighted by Crippen LogP contribution is -2.01. The first-order valence-electron chi connectivity index (χ1n) is 7.13. The molecule has 0 amide bonds. The second kappa shape index (κ2) is 5.12. The van der Waals surface area contributed by atoms with Crippen LogP contribution in [0.3, 0.4) is 0 Å². The number of hydrogen-bond acceptors (Lipinski definition) is 1. The van der Waals surface area contributed by atoms with Crippen molar-refractivity contribution in [3.63, 3.8) is 0 Å². The molecule has 2 aromatic carbocycles. The van der Waals surface area contributed by atoms with E-state index in [1.54, 1.807) is 0 Å². The molecule has 1 N–H and O–H groups in total. The standard InChI is InChI=1S/C18H20N2/c1-12-8-13(2)10-15(9-12)14(3)11-18-19-16-6-4-5-7-17(16)20-18/h4-10,14H,11H2,1-3H3,(H,19,20)/t14-/m1/s1. The van der Waals surface area contributed by atoms with Crippen LogP contribution in [0.15, 0.2) is 42.5 Å². The SMILES string of the molecule is Cc1cc(C)cc([C@H](C)Cc2nc3ccccc3[nH]2)c1. The highest BCUT2D eigenvalue weighted by atomic mass is 14.9. The molecule has 0 spiro atoms. The van der Waals surface area contributed by atoms with Crippen LogP contribution in [0.25, 0.3) is 11.0 Å². The molecule has 2 heteroatoms. The van der Waals surface area contributed by atoms with Crippen LogP contribution in [0.4, 0.5) is 0 Å². The van der Waals surface area contributed by atoms with Crippen molar-refractivity contribution in [1.29, 1.82) is 0 Å². The topological polar surface area (TPSA) is 28.7 Å². The number of H-pyrrole nitrogens is 1. The lowest BCUT2D eigenvalue weighted by atomic mass is 9.94. The van der Waals surface area contributed by atoms with Gasteiger partial charge in [-0.15, -0.1) is 0 Å². The van der Waals surface area contributed by atoms with Crippen molar-refractivity contribution in [3.8, 4) is 0 Å². The molecule has 0 aliphatic carbocycles. The molecule has 1 atom stereocenters. The van der Waals surface area contributed by atoms with Gasteiger partial charge in [-0.1, -0.05) is 48.4 Å². The van der Waals surface area contributed by atoms with Gasteiger partial charge in [-0.05, 0) is 37.5 Å². The number of nitrogens with one attached hydrogen (secondary N) is 1. The van der Waals surface area contributed by atoms with E-state index >= 15 is 0 Å². The second-order valence-corrected chi connectivity index (χ2v) is 5.73. The van der Waals surface area contributed by atoms with Crippen molar-refractivity contribution in [2.75, 3.05) is 0 Å². The molecule has 3 rings (SSSR count). The van der Waals surface area contributed by atoms with E-state index in [0.29, 0.717) is 5.92 Å². The smallest absolute Gasteiger partial charge is 0.107 e. The zero-order valence-electron chi connectivity index (χ0n) is 12.3. The van der Waals surface area contributed by atoms with E-state index in [2.05, 4.69) is 61.1 Å². The molecule has 2 nitrogen and oxygen atoms in total. The highest BCUT2D eigenvalue weighted by molar-refractivity contribution is 5.74. The van der Waals surface area contributed by atoms with E-state index < -0.39 is 0 Å². The van der Waals surface area contributed by atoms with Gasteiger partial charge in [-0.25, -0.2) is 4.98 Å². The Hall–Kier alpha value is -2.09. The first kappa shape index (κ1) is 12.9. The van der Waals surface area contributed by atoms with Crippen molar-refractivity contribution in [3.05, 3.63) is 65.0 Å². The Bertz CT molecular complexity index is 687. The predicted molar refractivity (Wildman–Crippen MR) is 84.1 cm³/mol. The monoisotopic (exact) mass is 264 g/mol. The summed E-state index contributed by atoms with van der Waals surface area (Å²) in [6.07, 6.45) is 0.942. The minimum absolute atomic E-state index is 0.467. The number of hydrogen-bond donors (Lipinski definition) is 1. The van der Waals surface area contributed by atoms with Crippen LogP contribution in [0, 0.1) is 13.8 Å². The van der Waals surface area contributed by atoms with Crippen LogP contribution >= 0.6 is 0 Å². The molecule has 0 saturated heterocycles. The molecule has 20 heavy (non-hydrogen) atoms. The fourth-order valence-electron chi connectivity index (χ4n) is 2.80. The number of rotatable bonds is 3. The Kier molecular flexibility index (Phi) is 3.31. The molecule has 1 heterocycles. The average molecular weight is 264 g/mol. The highest BCUT2D eigenvalue weighted by Crippen LogP contribution is 2.23. The number of aryl methyl sites for hydroxylation is 2. The maximum absolute atomic E-state index is 4.67. The van der Waals surface area contributed by atoms with Gasteiger partial charge in [-0.3, -0.25) is 0 Å². The van der Waals surface area contributed by atoms with Crippen LogP contribution in [0.1, 0.15) is 35.4 Å². The van der Waals surface area contributed by atoms with Crippen molar-refractivity contribution >= 4 is 11.0 Å². The maximum Gasteiger partial charge on any atom is 0.107 e. The fraction of sp³-hybridized carbons (Fsp3) is 0.278. The first-order chi connectivity index (χ1) is 9.61. The van der Waals surface area contributed by atoms with Crippen molar-refractivity contribution < 1.29 is 0 Å². The summed E-state index contributed by atoms with van der Waals surface area (Å²) < 4.78 is 0. The summed E-state index contributed by atoms with van der Waals surface area (Å²) in [5.41, 5.74) is 6.22. The number of para-hydroxylation sites is 2. The van der Waals surface area contributed by atoms with Crippen LogP contribution in [-0.4, -0.2) is 9.97 Å². The summed E-state index contributed by atoms with van der Waals surface area (Å²) in [4.78, 5) is 8.08. The van der Waals surface area contributed by atoms with Crippen molar-refractivity contribution in [1.82, 2.24) is 9.97 Å². The van der Waals surface area contributed by atoms with Crippen LogP contribution in [0.5, 0.6) is 0 Å². The van der Waals surface area contributed by atoms with Gasteiger partial charge in [0.25, 0.3) is 0 Å². The molecule has 0 fully saturated rings. The molecule has 102 valence electrons. The predicted octanol–water partition coefficient (Wildman–Crippen LogP) is 4.53. The maximum atomic E-state index is 4.67. The third kappa shape index (κ3) is 2.60. The summed E-state index contributed by atoms with van der Waals surface area (Å²) in [6, 6.07) is 15.0. The van der Waals surface area contributed by atoms with Crippen molar-refractivity contribution in [2.24, 2.45) is 0 Å². The normalized spacial score (nSPS) is 12.8. The largest absolute Gasteiger partial charge is 0.342 e. The summed E-state index contributed by atoms with van der Waals surface area (Å²) in [5, 5.41) is 0. The zero-order valence-corrected chi connectivity index (χ0v) is 12.3. The molecule has 0 bridgehead atoms. The lowest BCUT2D eigenvalue weighted by molar-refractivity contribution is 0.727. The Labute approximate surface area is 119 Å². The van der Waals surface area contributed by atoms with E-state index in [-0.39, 0.29) is 0 Å². The van der Waals surface area contributed by atoms with E-state index in [0.717, 1.165) is 23.3 Å². The second-order valence-electron chi connectivity index (χ2n) is 5.73. The molecular weight excluding hydrogens is 244 g/mol. The Morgan fingerprint density at radius 3 is 2.45 bits per heavy atom. The fourth-order valence-corrected chi connectivity index (χ4v) is 2.80. The Morgan fingerprint density at radius 1 is 1.05 bits per heavy atom. The van der Waals surface area contributed by atoms with E-state index in [1.165, 1.54) is 16.7 Å². The highest BCUT2D eigenvalue weighted by Gasteiger charge is 2.10. The van der Waals surface area contributed by atoms with E-state index in [4.69, 9.17) is 0 Å². The van der Waals surface area contributed by atoms with Gasteiger partial charge in [0.1, 0.15) is 5.82 Å². The quantitative estimate of drug-likeness (QED) is 0.740. The number of aromatic nitrogens is 2. The molecule has 0 aliphatic heterocycles. The Morgan fingerprint density at radius 2 is 1.75 bits per heavy atom.